The average molecular weight is 284 g/mol. The first kappa shape index (κ1) is 17.9. The SMILES string of the molecule is CCCCCCCCC(NN)C(C)(CC)N1CCCC1. The van der Waals surface area contributed by atoms with E-state index in [0.29, 0.717) is 6.04 Å². The van der Waals surface area contributed by atoms with Crippen molar-refractivity contribution in [2.24, 2.45) is 5.84 Å². The van der Waals surface area contributed by atoms with Crippen LogP contribution in [0.1, 0.15) is 85.0 Å². The van der Waals surface area contributed by atoms with Gasteiger partial charge in [0.05, 0.1) is 0 Å². The fourth-order valence-electron chi connectivity index (χ4n) is 3.62. The van der Waals surface area contributed by atoms with E-state index >= 15 is 0 Å². The van der Waals surface area contributed by atoms with Gasteiger partial charge in [0.2, 0.25) is 0 Å². The van der Waals surface area contributed by atoms with Gasteiger partial charge < -0.3 is 0 Å². The molecule has 1 aliphatic heterocycles. The number of likely N-dealkylation sites (tertiary alicyclic amines) is 1. The van der Waals surface area contributed by atoms with Crippen molar-refractivity contribution < 1.29 is 0 Å². The number of hydrogen-bond donors (Lipinski definition) is 2. The van der Waals surface area contributed by atoms with Crippen molar-refractivity contribution in [3.63, 3.8) is 0 Å². The first-order valence-corrected chi connectivity index (χ1v) is 8.90. The minimum atomic E-state index is 0.231. The van der Waals surface area contributed by atoms with Crippen LogP contribution in [0.5, 0.6) is 0 Å². The smallest absolute Gasteiger partial charge is 0.0392 e. The Morgan fingerprint density at radius 1 is 1.05 bits per heavy atom. The molecule has 0 aromatic heterocycles. The van der Waals surface area contributed by atoms with Crippen LogP contribution in [-0.2, 0) is 0 Å². The maximum Gasteiger partial charge on any atom is 0.0392 e. The van der Waals surface area contributed by atoms with Gasteiger partial charge in [-0.1, -0.05) is 52.4 Å². The third-order valence-corrected chi connectivity index (χ3v) is 5.34. The van der Waals surface area contributed by atoms with Gasteiger partial charge in [0.25, 0.3) is 0 Å². The molecule has 1 fully saturated rings. The highest BCUT2D eigenvalue weighted by Gasteiger charge is 2.38. The Hall–Kier alpha value is -0.120. The predicted molar refractivity (Wildman–Crippen MR) is 88.6 cm³/mol. The average Bonchev–Trinajstić information content (AvgIpc) is 3.00. The molecule has 1 heterocycles. The zero-order valence-corrected chi connectivity index (χ0v) is 14.1. The Labute approximate surface area is 126 Å². The number of nitrogens with two attached hydrogens (primary N) is 1. The van der Waals surface area contributed by atoms with Crippen LogP contribution in [0, 0.1) is 0 Å². The second-order valence-electron chi connectivity index (χ2n) is 6.68. The van der Waals surface area contributed by atoms with Crippen molar-refractivity contribution in [3.05, 3.63) is 0 Å². The lowest BCUT2D eigenvalue weighted by Crippen LogP contribution is -2.60. The lowest BCUT2D eigenvalue weighted by atomic mass is 9.84. The van der Waals surface area contributed by atoms with Gasteiger partial charge in [0.15, 0.2) is 0 Å². The molecule has 1 rings (SSSR count). The van der Waals surface area contributed by atoms with E-state index in [1.807, 2.05) is 0 Å². The largest absolute Gasteiger partial charge is 0.296 e. The van der Waals surface area contributed by atoms with Crippen LogP contribution in [0.25, 0.3) is 0 Å². The zero-order chi connectivity index (χ0) is 14.8. The predicted octanol–water partition coefficient (Wildman–Crippen LogP) is 3.83. The standard InChI is InChI=1S/C17H37N3/c1-4-6-7-8-9-10-13-16(19-18)17(3,5-2)20-14-11-12-15-20/h16,19H,4-15,18H2,1-3H3. The number of hydrazine groups is 1. The highest BCUT2D eigenvalue weighted by molar-refractivity contribution is 4.96. The quantitative estimate of drug-likeness (QED) is 0.344. The lowest BCUT2D eigenvalue weighted by Gasteiger charge is -2.44. The van der Waals surface area contributed by atoms with Crippen LogP contribution in [-0.4, -0.2) is 29.6 Å². The molecule has 0 radical (unpaired) electrons. The fourth-order valence-corrected chi connectivity index (χ4v) is 3.62. The van der Waals surface area contributed by atoms with E-state index in [2.05, 4.69) is 31.1 Å². The first-order valence-electron chi connectivity index (χ1n) is 8.90. The molecule has 3 N–H and O–H groups in total. The normalized spacial score (nSPS) is 21.0. The molecule has 0 spiro atoms. The van der Waals surface area contributed by atoms with Gasteiger partial charge in [-0.25, -0.2) is 0 Å². The molecule has 3 nitrogen and oxygen atoms in total. The van der Waals surface area contributed by atoms with E-state index in [9.17, 15) is 0 Å². The Morgan fingerprint density at radius 2 is 1.65 bits per heavy atom. The zero-order valence-electron chi connectivity index (χ0n) is 14.1. The molecule has 3 heteroatoms. The van der Waals surface area contributed by atoms with Crippen LogP contribution in [0.3, 0.4) is 0 Å². The molecule has 2 unspecified atom stereocenters. The van der Waals surface area contributed by atoms with Gasteiger partial charge in [-0.2, -0.15) is 0 Å². The Kier molecular flexibility index (Phi) is 8.74. The van der Waals surface area contributed by atoms with Crippen molar-refractivity contribution in [1.82, 2.24) is 10.3 Å². The maximum absolute atomic E-state index is 5.89. The highest BCUT2D eigenvalue weighted by atomic mass is 15.3. The van der Waals surface area contributed by atoms with Crippen molar-refractivity contribution >= 4 is 0 Å². The highest BCUT2D eigenvalue weighted by Crippen LogP contribution is 2.30. The molecular formula is C17H37N3. The van der Waals surface area contributed by atoms with E-state index < -0.39 is 0 Å². The summed E-state index contributed by atoms with van der Waals surface area (Å²) in [5.41, 5.74) is 3.36. The number of nitrogens with one attached hydrogen (secondary N) is 1. The summed E-state index contributed by atoms with van der Waals surface area (Å²) < 4.78 is 0. The van der Waals surface area contributed by atoms with Crippen molar-refractivity contribution in [1.29, 1.82) is 0 Å². The summed E-state index contributed by atoms with van der Waals surface area (Å²) in [7, 11) is 0. The van der Waals surface area contributed by atoms with Crippen LogP contribution in [0.4, 0.5) is 0 Å². The monoisotopic (exact) mass is 283 g/mol. The summed E-state index contributed by atoms with van der Waals surface area (Å²) in [6.07, 6.45) is 13.3. The summed E-state index contributed by atoms with van der Waals surface area (Å²) in [4.78, 5) is 2.66. The molecule has 0 bridgehead atoms. The van der Waals surface area contributed by atoms with Crippen molar-refractivity contribution in [2.45, 2.75) is 96.6 Å². The number of nitrogens with zero attached hydrogens (tertiary/aromatic N) is 1. The molecule has 0 saturated carbocycles. The summed E-state index contributed by atoms with van der Waals surface area (Å²) in [5.74, 6) is 5.89. The topological polar surface area (TPSA) is 41.3 Å². The summed E-state index contributed by atoms with van der Waals surface area (Å²) in [5, 5.41) is 0. The summed E-state index contributed by atoms with van der Waals surface area (Å²) >= 11 is 0. The molecule has 0 aromatic carbocycles. The van der Waals surface area contributed by atoms with Gasteiger partial charge in [-0.3, -0.25) is 16.2 Å². The van der Waals surface area contributed by atoms with Crippen molar-refractivity contribution in [2.75, 3.05) is 13.1 Å². The molecule has 1 saturated heterocycles. The molecule has 0 aliphatic carbocycles. The fraction of sp³-hybridized carbons (Fsp3) is 1.00. The number of rotatable bonds is 11. The minimum absolute atomic E-state index is 0.231. The van der Waals surface area contributed by atoms with Gasteiger partial charge >= 0.3 is 0 Å². The van der Waals surface area contributed by atoms with E-state index in [1.54, 1.807) is 0 Å². The van der Waals surface area contributed by atoms with Gasteiger partial charge in [-0.05, 0) is 45.7 Å². The lowest BCUT2D eigenvalue weighted by molar-refractivity contribution is 0.0791. The van der Waals surface area contributed by atoms with E-state index in [-0.39, 0.29) is 5.54 Å². The Bertz CT molecular complexity index is 238. The molecular weight excluding hydrogens is 246 g/mol. The van der Waals surface area contributed by atoms with Crippen LogP contribution < -0.4 is 11.3 Å². The molecule has 120 valence electrons. The summed E-state index contributed by atoms with van der Waals surface area (Å²) in [6.45, 7) is 9.49. The molecule has 20 heavy (non-hydrogen) atoms. The second kappa shape index (κ2) is 9.75. The molecule has 1 aliphatic rings. The van der Waals surface area contributed by atoms with Crippen LogP contribution in [0.15, 0.2) is 0 Å². The van der Waals surface area contributed by atoms with Gasteiger partial charge in [-0.15, -0.1) is 0 Å². The van der Waals surface area contributed by atoms with E-state index in [0.717, 1.165) is 0 Å². The van der Waals surface area contributed by atoms with Gasteiger partial charge in [0, 0.05) is 11.6 Å². The maximum atomic E-state index is 5.89. The van der Waals surface area contributed by atoms with Gasteiger partial charge in [0.1, 0.15) is 0 Å². The van der Waals surface area contributed by atoms with Crippen molar-refractivity contribution in [3.8, 4) is 0 Å². The third kappa shape index (κ3) is 5.01. The van der Waals surface area contributed by atoms with Crippen LogP contribution in [0.2, 0.25) is 0 Å². The Morgan fingerprint density at radius 3 is 2.20 bits per heavy atom. The van der Waals surface area contributed by atoms with E-state index in [4.69, 9.17) is 5.84 Å². The molecule has 0 amide bonds. The number of hydrogen-bond acceptors (Lipinski definition) is 3. The molecule has 2 atom stereocenters. The minimum Gasteiger partial charge on any atom is -0.296 e. The first-order chi connectivity index (χ1) is 9.69. The summed E-state index contributed by atoms with van der Waals surface area (Å²) in [6, 6.07) is 0.428. The van der Waals surface area contributed by atoms with E-state index in [1.165, 1.54) is 77.3 Å². The second-order valence-corrected chi connectivity index (χ2v) is 6.68. The van der Waals surface area contributed by atoms with Crippen LogP contribution >= 0.6 is 0 Å². The number of unbranched alkanes of at least 4 members (excludes halogenated alkanes) is 5. The Balaban J connectivity index is 2.37. The third-order valence-electron chi connectivity index (χ3n) is 5.34. The molecule has 0 aromatic rings.